The third-order valence-corrected chi connectivity index (χ3v) is 2.13. The minimum absolute atomic E-state index is 1.23. The molecule has 0 bridgehead atoms. The highest BCUT2D eigenvalue weighted by molar-refractivity contribution is 5.21. The highest BCUT2D eigenvalue weighted by Crippen LogP contribution is 2.08. The van der Waals surface area contributed by atoms with Gasteiger partial charge in [-0.05, 0) is 26.7 Å². The number of unbranched alkanes of at least 4 members (excludes halogenated alkanes) is 2. The molecule has 0 heteroatoms. The number of rotatable bonds is 6. The minimum Gasteiger partial charge on any atom is -0.0988 e. The van der Waals surface area contributed by atoms with Crippen molar-refractivity contribution in [2.45, 2.75) is 46.5 Å². The molecule has 0 unspecified atom stereocenters. The average Bonchev–Trinajstić information content (AvgIpc) is 2.14. The molecule has 13 heavy (non-hydrogen) atoms. The molecule has 0 N–H and O–H groups in total. The summed E-state index contributed by atoms with van der Waals surface area (Å²) in [5, 5.41) is 0. The number of hydrogen-bond acceptors (Lipinski definition) is 0. The van der Waals surface area contributed by atoms with Crippen LogP contribution in [0.3, 0.4) is 0 Å². The second-order valence-corrected chi connectivity index (χ2v) is 3.58. The van der Waals surface area contributed by atoms with Crippen molar-refractivity contribution in [3.63, 3.8) is 0 Å². The molecular weight excluding hydrogens is 156 g/mol. The molecule has 0 saturated carbocycles. The van der Waals surface area contributed by atoms with E-state index in [4.69, 9.17) is 0 Å². The lowest BCUT2D eigenvalue weighted by molar-refractivity contribution is 0.713. The lowest BCUT2D eigenvalue weighted by Crippen LogP contribution is -1.78. The molecule has 0 aliphatic rings. The Hall–Kier alpha value is -0.780. The molecule has 0 spiro atoms. The van der Waals surface area contributed by atoms with Crippen LogP contribution in [0, 0.1) is 0 Å². The van der Waals surface area contributed by atoms with Gasteiger partial charge in [-0.3, -0.25) is 0 Å². The van der Waals surface area contributed by atoms with E-state index in [1.807, 2.05) is 6.08 Å². The topological polar surface area (TPSA) is 0 Å². The second kappa shape index (κ2) is 7.85. The van der Waals surface area contributed by atoms with Crippen LogP contribution in [0.5, 0.6) is 0 Å². The van der Waals surface area contributed by atoms with Crippen LogP contribution in [0.2, 0.25) is 0 Å². The van der Waals surface area contributed by atoms with Crippen LogP contribution in [0.1, 0.15) is 46.5 Å². The van der Waals surface area contributed by atoms with Gasteiger partial charge in [-0.25, -0.2) is 0 Å². The van der Waals surface area contributed by atoms with Gasteiger partial charge in [-0.15, -0.1) is 0 Å². The maximum atomic E-state index is 3.72. The smallest absolute Gasteiger partial charge is 0.0320 e. The fourth-order valence-corrected chi connectivity index (χ4v) is 1.08. The van der Waals surface area contributed by atoms with Crippen molar-refractivity contribution in [3.05, 3.63) is 36.0 Å². The van der Waals surface area contributed by atoms with Gasteiger partial charge in [0.05, 0.1) is 0 Å². The summed E-state index contributed by atoms with van der Waals surface area (Å²) in [6.45, 7) is 10.2. The monoisotopic (exact) mass is 178 g/mol. The van der Waals surface area contributed by atoms with E-state index in [1.165, 1.54) is 36.8 Å². The van der Waals surface area contributed by atoms with E-state index in [-0.39, 0.29) is 0 Å². The predicted molar refractivity (Wildman–Crippen MR) is 61.9 cm³/mol. The molecular formula is C13H22. The Morgan fingerprint density at radius 1 is 1.15 bits per heavy atom. The Balaban J connectivity index is 3.81. The van der Waals surface area contributed by atoms with Crippen molar-refractivity contribution >= 4 is 0 Å². The summed E-state index contributed by atoms with van der Waals surface area (Å²) in [7, 11) is 0. The van der Waals surface area contributed by atoms with E-state index in [2.05, 4.69) is 39.5 Å². The fraction of sp³-hybridized carbons (Fsp3) is 0.538. The Morgan fingerprint density at radius 2 is 1.85 bits per heavy atom. The summed E-state index contributed by atoms with van der Waals surface area (Å²) in [5.74, 6) is 0. The summed E-state index contributed by atoms with van der Waals surface area (Å²) in [6, 6.07) is 0. The number of allylic oxidation sites excluding steroid dienone is 5. The van der Waals surface area contributed by atoms with Gasteiger partial charge >= 0.3 is 0 Å². The largest absolute Gasteiger partial charge is 0.0988 e. The average molecular weight is 178 g/mol. The first kappa shape index (κ1) is 12.2. The van der Waals surface area contributed by atoms with Crippen LogP contribution >= 0.6 is 0 Å². The molecule has 0 saturated heterocycles. The van der Waals surface area contributed by atoms with E-state index in [0.717, 1.165) is 0 Å². The SMILES string of the molecule is C=C/C(C)=C\C=C(/C)CCCCC. The molecule has 0 heterocycles. The zero-order chi connectivity index (χ0) is 10.1. The molecule has 0 aromatic carbocycles. The lowest BCUT2D eigenvalue weighted by atomic mass is 10.1. The van der Waals surface area contributed by atoms with Gasteiger partial charge in [0, 0.05) is 0 Å². The lowest BCUT2D eigenvalue weighted by Gasteiger charge is -1.98. The van der Waals surface area contributed by atoms with Crippen molar-refractivity contribution in [1.82, 2.24) is 0 Å². The summed E-state index contributed by atoms with van der Waals surface area (Å²) in [6.07, 6.45) is 11.4. The van der Waals surface area contributed by atoms with Gasteiger partial charge < -0.3 is 0 Å². The third-order valence-electron chi connectivity index (χ3n) is 2.13. The number of hydrogen-bond donors (Lipinski definition) is 0. The van der Waals surface area contributed by atoms with E-state index >= 15 is 0 Å². The van der Waals surface area contributed by atoms with E-state index in [1.54, 1.807) is 0 Å². The molecule has 0 aliphatic heterocycles. The van der Waals surface area contributed by atoms with Gasteiger partial charge in [0.1, 0.15) is 0 Å². The molecule has 0 rings (SSSR count). The van der Waals surface area contributed by atoms with Gasteiger partial charge in [-0.2, -0.15) is 0 Å². The summed E-state index contributed by atoms with van der Waals surface area (Å²) in [4.78, 5) is 0. The molecule has 0 amide bonds. The van der Waals surface area contributed by atoms with Gasteiger partial charge in [0.25, 0.3) is 0 Å². The normalized spacial score (nSPS) is 13.2. The van der Waals surface area contributed by atoms with Crippen LogP contribution in [0.25, 0.3) is 0 Å². The third kappa shape index (κ3) is 7.58. The zero-order valence-corrected chi connectivity index (χ0v) is 9.27. The molecule has 0 aromatic rings. The molecule has 0 nitrogen and oxygen atoms in total. The van der Waals surface area contributed by atoms with Crippen LogP contribution in [0.4, 0.5) is 0 Å². The van der Waals surface area contributed by atoms with Gasteiger partial charge in [-0.1, -0.05) is 55.7 Å². The van der Waals surface area contributed by atoms with E-state index in [0.29, 0.717) is 0 Å². The molecule has 74 valence electrons. The molecule has 0 atom stereocenters. The predicted octanol–water partition coefficient (Wildman–Crippen LogP) is 4.65. The molecule has 0 radical (unpaired) electrons. The quantitative estimate of drug-likeness (QED) is 0.410. The Morgan fingerprint density at radius 3 is 2.38 bits per heavy atom. The van der Waals surface area contributed by atoms with Gasteiger partial charge in [0.15, 0.2) is 0 Å². The highest BCUT2D eigenvalue weighted by atomic mass is 13.9. The van der Waals surface area contributed by atoms with E-state index < -0.39 is 0 Å². The standard InChI is InChI=1S/C13H22/c1-5-7-8-9-13(4)11-10-12(3)6-2/h6,10-11H,2,5,7-9H2,1,3-4H3/b12-10-,13-11+. The van der Waals surface area contributed by atoms with Crippen molar-refractivity contribution in [2.75, 3.05) is 0 Å². The second-order valence-electron chi connectivity index (χ2n) is 3.58. The Labute approximate surface area is 83.0 Å². The maximum Gasteiger partial charge on any atom is -0.0320 e. The van der Waals surface area contributed by atoms with Crippen LogP contribution in [-0.2, 0) is 0 Å². The van der Waals surface area contributed by atoms with Crippen LogP contribution in [0.15, 0.2) is 36.0 Å². The zero-order valence-electron chi connectivity index (χ0n) is 9.27. The summed E-state index contributed by atoms with van der Waals surface area (Å²) < 4.78 is 0. The molecule has 0 aromatic heterocycles. The Kier molecular flexibility index (Phi) is 7.38. The Bertz CT molecular complexity index is 194. The van der Waals surface area contributed by atoms with Gasteiger partial charge in [0.2, 0.25) is 0 Å². The first-order valence-electron chi connectivity index (χ1n) is 5.17. The first-order chi connectivity index (χ1) is 6.20. The van der Waals surface area contributed by atoms with Crippen LogP contribution in [-0.4, -0.2) is 0 Å². The molecule has 0 aliphatic carbocycles. The van der Waals surface area contributed by atoms with Crippen molar-refractivity contribution in [3.8, 4) is 0 Å². The highest BCUT2D eigenvalue weighted by Gasteiger charge is 1.88. The van der Waals surface area contributed by atoms with Crippen LogP contribution < -0.4 is 0 Å². The fourth-order valence-electron chi connectivity index (χ4n) is 1.08. The van der Waals surface area contributed by atoms with Crippen molar-refractivity contribution in [2.24, 2.45) is 0 Å². The summed E-state index contributed by atoms with van der Waals surface area (Å²) >= 11 is 0. The summed E-state index contributed by atoms with van der Waals surface area (Å²) in [5.41, 5.74) is 2.70. The van der Waals surface area contributed by atoms with Crippen molar-refractivity contribution < 1.29 is 0 Å². The first-order valence-corrected chi connectivity index (χ1v) is 5.17. The minimum atomic E-state index is 1.23. The molecule has 0 fully saturated rings. The maximum absolute atomic E-state index is 3.72. The van der Waals surface area contributed by atoms with E-state index in [9.17, 15) is 0 Å². The van der Waals surface area contributed by atoms with Crippen molar-refractivity contribution in [1.29, 1.82) is 0 Å².